The van der Waals surface area contributed by atoms with Gasteiger partial charge in [-0.2, -0.15) is 0 Å². The van der Waals surface area contributed by atoms with Gasteiger partial charge in [0.25, 0.3) is 0 Å². The van der Waals surface area contributed by atoms with E-state index in [1.165, 1.54) is 16.7 Å². The fourth-order valence-corrected chi connectivity index (χ4v) is 2.47. The summed E-state index contributed by atoms with van der Waals surface area (Å²) in [6, 6.07) is 14.2. The van der Waals surface area contributed by atoms with E-state index in [1.54, 1.807) is 6.07 Å². The van der Waals surface area contributed by atoms with Crippen LogP contribution in [-0.4, -0.2) is 5.11 Å². The highest BCUT2D eigenvalue weighted by Gasteiger charge is 2.23. The minimum atomic E-state index is 0.206. The minimum absolute atomic E-state index is 0.206. The molecule has 2 heteroatoms. The quantitative estimate of drug-likeness (QED) is 0.782. The molecule has 2 nitrogen and oxygen atoms in total. The van der Waals surface area contributed by atoms with Gasteiger partial charge in [-0.3, -0.25) is 0 Å². The third kappa shape index (κ3) is 1.81. The molecule has 1 atom stereocenters. The van der Waals surface area contributed by atoms with Crippen LogP contribution in [-0.2, 0) is 6.54 Å². The SMILES string of the molecule is Cc1ccc2c(c1)C(c1cccc(O)c1)NC2. The third-order valence-corrected chi connectivity index (χ3v) is 3.31. The Balaban J connectivity index is 2.06. The molecule has 0 amide bonds. The smallest absolute Gasteiger partial charge is 0.115 e. The minimum Gasteiger partial charge on any atom is -0.508 e. The number of rotatable bonds is 1. The van der Waals surface area contributed by atoms with Crippen molar-refractivity contribution < 1.29 is 5.11 Å². The van der Waals surface area contributed by atoms with Crippen LogP contribution in [0.3, 0.4) is 0 Å². The number of phenolic OH excluding ortho intramolecular Hbond substituents is 1. The average molecular weight is 225 g/mol. The van der Waals surface area contributed by atoms with Crippen LogP contribution in [0.5, 0.6) is 5.75 Å². The van der Waals surface area contributed by atoms with Crippen LogP contribution >= 0.6 is 0 Å². The Hall–Kier alpha value is -1.80. The molecule has 0 aromatic heterocycles. The normalized spacial score (nSPS) is 18.1. The van der Waals surface area contributed by atoms with Gasteiger partial charge in [0.15, 0.2) is 0 Å². The first-order valence-electron chi connectivity index (χ1n) is 5.86. The zero-order valence-electron chi connectivity index (χ0n) is 9.77. The maximum Gasteiger partial charge on any atom is 0.115 e. The van der Waals surface area contributed by atoms with Crippen LogP contribution in [0, 0.1) is 6.92 Å². The first kappa shape index (κ1) is 10.4. The molecule has 0 saturated carbocycles. The number of benzene rings is 2. The molecule has 1 aliphatic rings. The Morgan fingerprint density at radius 1 is 1.18 bits per heavy atom. The number of hydrogen-bond acceptors (Lipinski definition) is 2. The molecule has 86 valence electrons. The molecule has 2 aromatic rings. The molecule has 3 rings (SSSR count). The summed E-state index contributed by atoms with van der Waals surface area (Å²) < 4.78 is 0. The van der Waals surface area contributed by atoms with E-state index in [1.807, 2.05) is 12.1 Å². The van der Waals surface area contributed by atoms with Crippen LogP contribution in [0.1, 0.15) is 28.3 Å². The van der Waals surface area contributed by atoms with Crippen LogP contribution in [0.2, 0.25) is 0 Å². The molecule has 0 saturated heterocycles. The van der Waals surface area contributed by atoms with Gasteiger partial charge in [-0.1, -0.05) is 35.9 Å². The third-order valence-electron chi connectivity index (χ3n) is 3.31. The van der Waals surface area contributed by atoms with Crippen molar-refractivity contribution in [3.05, 3.63) is 64.7 Å². The lowest BCUT2D eigenvalue weighted by Gasteiger charge is -2.13. The summed E-state index contributed by atoms with van der Waals surface area (Å²) in [6.45, 7) is 3.01. The van der Waals surface area contributed by atoms with Gasteiger partial charge in [-0.15, -0.1) is 0 Å². The van der Waals surface area contributed by atoms with Gasteiger partial charge in [0, 0.05) is 6.54 Å². The number of fused-ring (bicyclic) bond motifs is 1. The van der Waals surface area contributed by atoms with Crippen molar-refractivity contribution in [3.63, 3.8) is 0 Å². The highest BCUT2D eigenvalue weighted by Crippen LogP contribution is 2.32. The van der Waals surface area contributed by atoms with Crippen LogP contribution in [0.15, 0.2) is 42.5 Å². The number of aryl methyl sites for hydroxylation is 1. The zero-order valence-corrected chi connectivity index (χ0v) is 9.77. The largest absolute Gasteiger partial charge is 0.508 e. The summed E-state index contributed by atoms with van der Waals surface area (Å²) in [5.74, 6) is 0.324. The standard InChI is InChI=1S/C15H15NO/c1-10-5-6-12-9-16-15(14(12)7-10)11-3-2-4-13(17)8-11/h2-8,15-17H,9H2,1H3. The molecule has 0 bridgehead atoms. The molecule has 0 aliphatic carbocycles. The van der Waals surface area contributed by atoms with Crippen molar-refractivity contribution in [2.24, 2.45) is 0 Å². The second-order valence-electron chi connectivity index (χ2n) is 4.61. The molecule has 0 fully saturated rings. The highest BCUT2D eigenvalue weighted by atomic mass is 16.3. The van der Waals surface area contributed by atoms with E-state index in [-0.39, 0.29) is 6.04 Å². The number of hydrogen-bond donors (Lipinski definition) is 2. The maximum atomic E-state index is 9.55. The number of nitrogens with one attached hydrogen (secondary N) is 1. The van der Waals surface area contributed by atoms with E-state index in [4.69, 9.17) is 0 Å². The Kier molecular flexibility index (Phi) is 2.37. The van der Waals surface area contributed by atoms with E-state index >= 15 is 0 Å². The van der Waals surface area contributed by atoms with Crippen LogP contribution in [0.25, 0.3) is 0 Å². The first-order chi connectivity index (χ1) is 8.24. The molecular weight excluding hydrogens is 210 g/mol. The predicted molar refractivity (Wildman–Crippen MR) is 68.0 cm³/mol. The molecule has 0 spiro atoms. The van der Waals surface area contributed by atoms with E-state index < -0.39 is 0 Å². The summed E-state index contributed by atoms with van der Waals surface area (Å²) in [5, 5.41) is 13.0. The van der Waals surface area contributed by atoms with Gasteiger partial charge in [0.05, 0.1) is 6.04 Å². The Morgan fingerprint density at radius 2 is 2.06 bits per heavy atom. The van der Waals surface area contributed by atoms with Gasteiger partial charge in [-0.25, -0.2) is 0 Å². The molecule has 2 N–H and O–H groups in total. The Bertz CT molecular complexity index is 563. The monoisotopic (exact) mass is 225 g/mol. The highest BCUT2D eigenvalue weighted by molar-refractivity contribution is 5.44. The molecular formula is C15H15NO. The van der Waals surface area contributed by atoms with Crippen molar-refractivity contribution in [2.75, 3.05) is 0 Å². The van der Waals surface area contributed by atoms with Gasteiger partial charge in [-0.05, 0) is 35.7 Å². The molecule has 2 aromatic carbocycles. The van der Waals surface area contributed by atoms with Gasteiger partial charge < -0.3 is 10.4 Å². The van der Waals surface area contributed by atoms with E-state index in [0.29, 0.717) is 5.75 Å². The van der Waals surface area contributed by atoms with Gasteiger partial charge >= 0.3 is 0 Å². The molecule has 1 heterocycles. The van der Waals surface area contributed by atoms with Crippen molar-refractivity contribution in [3.8, 4) is 5.75 Å². The van der Waals surface area contributed by atoms with Gasteiger partial charge in [0.2, 0.25) is 0 Å². The zero-order chi connectivity index (χ0) is 11.8. The molecule has 0 radical (unpaired) electrons. The summed E-state index contributed by atoms with van der Waals surface area (Å²) in [4.78, 5) is 0. The number of phenols is 1. The summed E-state index contributed by atoms with van der Waals surface area (Å²) in [5.41, 5.74) is 5.08. The van der Waals surface area contributed by atoms with Crippen molar-refractivity contribution >= 4 is 0 Å². The summed E-state index contributed by atoms with van der Waals surface area (Å²) in [7, 11) is 0. The van der Waals surface area contributed by atoms with Crippen molar-refractivity contribution in [1.82, 2.24) is 5.32 Å². The van der Waals surface area contributed by atoms with Crippen LogP contribution < -0.4 is 5.32 Å². The lowest BCUT2D eigenvalue weighted by Crippen LogP contribution is -2.13. The van der Waals surface area contributed by atoms with Crippen molar-refractivity contribution in [1.29, 1.82) is 0 Å². The lowest BCUT2D eigenvalue weighted by molar-refractivity contribution is 0.473. The first-order valence-corrected chi connectivity index (χ1v) is 5.86. The van der Waals surface area contributed by atoms with Crippen LogP contribution in [0.4, 0.5) is 0 Å². The Morgan fingerprint density at radius 3 is 2.88 bits per heavy atom. The average Bonchev–Trinajstić information content (AvgIpc) is 2.71. The predicted octanol–water partition coefficient (Wildman–Crippen LogP) is 2.89. The number of aromatic hydroxyl groups is 1. The maximum absolute atomic E-state index is 9.55. The second-order valence-corrected chi connectivity index (χ2v) is 4.61. The Labute approximate surface area is 101 Å². The fraction of sp³-hybridized carbons (Fsp3) is 0.200. The topological polar surface area (TPSA) is 32.3 Å². The van der Waals surface area contributed by atoms with E-state index in [0.717, 1.165) is 12.1 Å². The second kappa shape index (κ2) is 3.90. The van der Waals surface area contributed by atoms with E-state index in [2.05, 4.69) is 36.5 Å². The fourth-order valence-electron chi connectivity index (χ4n) is 2.47. The molecule has 1 aliphatic heterocycles. The summed E-state index contributed by atoms with van der Waals surface area (Å²) >= 11 is 0. The van der Waals surface area contributed by atoms with Crippen molar-refractivity contribution in [2.45, 2.75) is 19.5 Å². The summed E-state index contributed by atoms with van der Waals surface area (Å²) in [6.07, 6.45) is 0. The molecule has 1 unspecified atom stereocenters. The molecule has 17 heavy (non-hydrogen) atoms. The van der Waals surface area contributed by atoms with E-state index in [9.17, 15) is 5.11 Å². The lowest BCUT2D eigenvalue weighted by atomic mass is 9.97. The van der Waals surface area contributed by atoms with Gasteiger partial charge in [0.1, 0.15) is 5.75 Å².